The maximum absolute atomic E-state index is 10.2. The summed E-state index contributed by atoms with van der Waals surface area (Å²) in [5.41, 5.74) is 2.96. The molecule has 0 radical (unpaired) electrons. The molecule has 0 bridgehead atoms. The number of thiophene rings is 1. The molecule has 2 rings (SSSR count). The van der Waals surface area contributed by atoms with Gasteiger partial charge in [-0.25, -0.2) is 0 Å². The predicted octanol–water partition coefficient (Wildman–Crippen LogP) is 4.10. The highest BCUT2D eigenvalue weighted by Crippen LogP contribution is 2.30. The number of benzene rings is 1. The summed E-state index contributed by atoms with van der Waals surface area (Å²) in [7, 11) is 0. The lowest BCUT2D eigenvalue weighted by Crippen LogP contribution is -2.00. The van der Waals surface area contributed by atoms with Crippen molar-refractivity contribution in [1.82, 2.24) is 0 Å². The van der Waals surface area contributed by atoms with Crippen LogP contribution in [0.4, 0.5) is 0 Å². The summed E-state index contributed by atoms with van der Waals surface area (Å²) in [6.07, 6.45) is -0.545. The van der Waals surface area contributed by atoms with E-state index in [2.05, 4.69) is 0 Å². The van der Waals surface area contributed by atoms with Gasteiger partial charge in [0.15, 0.2) is 0 Å². The lowest BCUT2D eigenvalue weighted by molar-refractivity contribution is 0.223. The zero-order valence-corrected chi connectivity index (χ0v) is 10.8. The van der Waals surface area contributed by atoms with Crippen LogP contribution in [0.3, 0.4) is 0 Å². The van der Waals surface area contributed by atoms with E-state index < -0.39 is 6.10 Å². The van der Waals surface area contributed by atoms with E-state index in [0.29, 0.717) is 0 Å². The van der Waals surface area contributed by atoms with Crippen LogP contribution < -0.4 is 0 Å². The predicted molar refractivity (Wildman–Crippen MR) is 69.3 cm³/mol. The van der Waals surface area contributed by atoms with Crippen molar-refractivity contribution in [1.29, 1.82) is 0 Å². The van der Waals surface area contributed by atoms with E-state index in [1.807, 2.05) is 43.5 Å². The average Bonchev–Trinajstić information content (AvgIpc) is 2.75. The van der Waals surface area contributed by atoms with Gasteiger partial charge < -0.3 is 5.11 Å². The minimum absolute atomic E-state index is 0.545. The van der Waals surface area contributed by atoms with Gasteiger partial charge in [-0.1, -0.05) is 23.7 Å². The van der Waals surface area contributed by atoms with Gasteiger partial charge in [0.25, 0.3) is 0 Å². The fourth-order valence-corrected chi connectivity index (χ4v) is 2.64. The molecule has 1 unspecified atom stereocenters. The molecule has 0 aliphatic carbocycles. The molecule has 1 heterocycles. The van der Waals surface area contributed by atoms with Crippen LogP contribution in [0, 0.1) is 13.8 Å². The minimum atomic E-state index is -0.545. The van der Waals surface area contributed by atoms with E-state index in [0.717, 1.165) is 26.6 Å². The van der Waals surface area contributed by atoms with E-state index in [1.165, 1.54) is 0 Å². The molecule has 2 aromatic rings. The molecule has 1 nitrogen and oxygen atoms in total. The highest BCUT2D eigenvalue weighted by atomic mass is 35.5. The van der Waals surface area contributed by atoms with Gasteiger partial charge in [-0.15, -0.1) is 11.3 Å². The summed E-state index contributed by atoms with van der Waals surface area (Å²) in [6.45, 7) is 3.92. The molecule has 1 atom stereocenters. The highest BCUT2D eigenvalue weighted by Gasteiger charge is 2.14. The summed E-state index contributed by atoms with van der Waals surface area (Å²) in [4.78, 5) is 0.963. The normalized spacial score (nSPS) is 12.8. The Hall–Kier alpha value is -0.830. The Balaban J connectivity index is 2.44. The number of hydrogen-bond donors (Lipinski definition) is 1. The molecule has 0 saturated carbocycles. The lowest BCUT2D eigenvalue weighted by Gasteiger charge is -2.14. The molecular weight excluding hydrogens is 240 g/mol. The van der Waals surface area contributed by atoms with E-state index in [4.69, 9.17) is 11.6 Å². The van der Waals surface area contributed by atoms with Gasteiger partial charge in [0.2, 0.25) is 0 Å². The standard InChI is InChI=1S/C13H13ClOS/c1-8-7-11(14)9(2)6-10(8)13(15)12-4-3-5-16-12/h3-7,13,15H,1-2H3. The van der Waals surface area contributed by atoms with Crippen molar-refractivity contribution in [2.45, 2.75) is 20.0 Å². The third kappa shape index (κ3) is 2.14. The minimum Gasteiger partial charge on any atom is -0.383 e. The number of aryl methyl sites for hydroxylation is 2. The monoisotopic (exact) mass is 252 g/mol. The smallest absolute Gasteiger partial charge is 0.113 e. The van der Waals surface area contributed by atoms with Gasteiger partial charge in [0.1, 0.15) is 6.10 Å². The third-order valence-corrected chi connectivity index (χ3v) is 3.99. The Kier molecular flexibility index (Phi) is 3.33. The topological polar surface area (TPSA) is 20.2 Å². The maximum Gasteiger partial charge on any atom is 0.113 e. The molecule has 1 aromatic carbocycles. The molecule has 84 valence electrons. The van der Waals surface area contributed by atoms with Crippen molar-refractivity contribution in [2.75, 3.05) is 0 Å². The Morgan fingerprint density at radius 2 is 2.00 bits per heavy atom. The van der Waals surface area contributed by atoms with Gasteiger partial charge in [0, 0.05) is 9.90 Å². The van der Waals surface area contributed by atoms with Crippen molar-refractivity contribution in [3.63, 3.8) is 0 Å². The summed E-state index contributed by atoms with van der Waals surface area (Å²) in [5, 5.41) is 13.0. The number of hydrogen-bond acceptors (Lipinski definition) is 2. The molecule has 0 amide bonds. The Morgan fingerprint density at radius 1 is 1.25 bits per heavy atom. The first-order chi connectivity index (χ1) is 7.59. The molecule has 16 heavy (non-hydrogen) atoms. The molecule has 3 heteroatoms. The van der Waals surface area contributed by atoms with Crippen molar-refractivity contribution in [2.24, 2.45) is 0 Å². The average molecular weight is 253 g/mol. The number of aliphatic hydroxyl groups is 1. The maximum atomic E-state index is 10.2. The van der Waals surface area contributed by atoms with Crippen molar-refractivity contribution < 1.29 is 5.11 Å². The second-order valence-corrected chi connectivity index (χ2v) is 5.26. The van der Waals surface area contributed by atoms with Crippen molar-refractivity contribution in [3.8, 4) is 0 Å². The fourth-order valence-electron chi connectivity index (χ4n) is 1.70. The second-order valence-electron chi connectivity index (χ2n) is 3.88. The van der Waals surface area contributed by atoms with Gasteiger partial charge >= 0.3 is 0 Å². The number of aliphatic hydroxyl groups excluding tert-OH is 1. The summed E-state index contributed by atoms with van der Waals surface area (Å²) >= 11 is 7.60. The Labute approximate surface area is 104 Å². The van der Waals surface area contributed by atoms with Gasteiger partial charge in [-0.3, -0.25) is 0 Å². The zero-order valence-electron chi connectivity index (χ0n) is 9.20. The van der Waals surface area contributed by atoms with E-state index >= 15 is 0 Å². The van der Waals surface area contributed by atoms with E-state index in [-0.39, 0.29) is 0 Å². The van der Waals surface area contributed by atoms with Gasteiger partial charge in [-0.2, -0.15) is 0 Å². The zero-order chi connectivity index (χ0) is 11.7. The quantitative estimate of drug-likeness (QED) is 0.853. The van der Waals surface area contributed by atoms with Crippen molar-refractivity contribution in [3.05, 3.63) is 56.2 Å². The van der Waals surface area contributed by atoms with Crippen LogP contribution >= 0.6 is 22.9 Å². The van der Waals surface area contributed by atoms with Gasteiger partial charge in [-0.05, 0) is 48.1 Å². The molecular formula is C13H13ClOS. The summed E-state index contributed by atoms with van der Waals surface area (Å²) in [5.74, 6) is 0. The Morgan fingerprint density at radius 3 is 2.62 bits per heavy atom. The number of rotatable bonds is 2. The first-order valence-corrected chi connectivity index (χ1v) is 6.33. The van der Waals surface area contributed by atoms with Crippen LogP contribution in [0.25, 0.3) is 0 Å². The molecule has 1 aromatic heterocycles. The molecule has 0 saturated heterocycles. The van der Waals surface area contributed by atoms with Crippen LogP contribution in [0.1, 0.15) is 27.7 Å². The Bertz CT molecular complexity index is 491. The van der Waals surface area contributed by atoms with Crippen LogP contribution in [-0.2, 0) is 0 Å². The molecule has 0 aliphatic rings. The summed E-state index contributed by atoms with van der Waals surface area (Å²) < 4.78 is 0. The highest BCUT2D eigenvalue weighted by molar-refractivity contribution is 7.10. The SMILES string of the molecule is Cc1cc(C(O)c2cccs2)c(C)cc1Cl. The molecule has 0 aliphatic heterocycles. The second kappa shape index (κ2) is 4.58. The number of halogens is 1. The van der Waals surface area contributed by atoms with Crippen LogP contribution in [-0.4, -0.2) is 5.11 Å². The molecule has 0 fully saturated rings. The molecule has 0 spiro atoms. The lowest BCUT2D eigenvalue weighted by atomic mass is 10.00. The van der Waals surface area contributed by atoms with E-state index in [1.54, 1.807) is 11.3 Å². The first-order valence-electron chi connectivity index (χ1n) is 5.07. The van der Waals surface area contributed by atoms with Crippen LogP contribution in [0.2, 0.25) is 5.02 Å². The summed E-state index contributed by atoms with van der Waals surface area (Å²) in [6, 6.07) is 7.76. The third-order valence-electron chi connectivity index (χ3n) is 2.65. The van der Waals surface area contributed by atoms with Crippen LogP contribution in [0.5, 0.6) is 0 Å². The largest absolute Gasteiger partial charge is 0.383 e. The van der Waals surface area contributed by atoms with Crippen molar-refractivity contribution >= 4 is 22.9 Å². The van der Waals surface area contributed by atoms with E-state index in [9.17, 15) is 5.11 Å². The van der Waals surface area contributed by atoms with Gasteiger partial charge in [0.05, 0.1) is 0 Å². The molecule has 1 N–H and O–H groups in total. The first kappa shape index (κ1) is 11.6. The fraction of sp³-hybridized carbons (Fsp3) is 0.231. The van der Waals surface area contributed by atoms with Crippen LogP contribution in [0.15, 0.2) is 29.6 Å².